The highest BCUT2D eigenvalue weighted by Crippen LogP contribution is 2.23. The van der Waals surface area contributed by atoms with E-state index in [0.717, 1.165) is 21.8 Å². The quantitative estimate of drug-likeness (QED) is 0.561. The van der Waals surface area contributed by atoms with Crippen molar-refractivity contribution >= 4 is 27.7 Å². The number of benzene rings is 1. The lowest BCUT2D eigenvalue weighted by Gasteiger charge is -1.95. The van der Waals surface area contributed by atoms with E-state index >= 15 is 0 Å². The van der Waals surface area contributed by atoms with Crippen molar-refractivity contribution < 1.29 is 4.79 Å². The molecular weight excluding hydrogens is 206 g/mol. The van der Waals surface area contributed by atoms with Gasteiger partial charge in [0.1, 0.15) is 11.2 Å². The van der Waals surface area contributed by atoms with Crippen LogP contribution in [0.5, 0.6) is 0 Å². The van der Waals surface area contributed by atoms with Gasteiger partial charge in [0.15, 0.2) is 0 Å². The number of carbonyl (C=O) groups is 1. The van der Waals surface area contributed by atoms with E-state index in [4.69, 9.17) is 0 Å². The molecule has 1 aromatic carbocycles. The molecule has 0 bridgehead atoms. The van der Waals surface area contributed by atoms with Gasteiger partial charge in [-0.3, -0.25) is 15.0 Å². The predicted octanol–water partition coefficient (Wildman–Crippen LogP) is 0.799. The first-order valence-electron chi connectivity index (χ1n) is 4.83. The van der Waals surface area contributed by atoms with E-state index in [9.17, 15) is 4.79 Å². The third-order valence-corrected chi connectivity index (χ3v) is 2.60. The largest absolute Gasteiger partial charge is 0.354 e. The number of nitrogens with one attached hydrogen (secondary N) is 3. The molecule has 0 aliphatic carbocycles. The monoisotopic (exact) mass is 215 g/mol. The molecule has 0 radical (unpaired) electrons. The Kier molecular flexibility index (Phi) is 1.70. The molecule has 6 heteroatoms. The number of nitrogens with zero attached hydrogens (tertiary/aromatic N) is 2. The number of hydrogen-bond donors (Lipinski definition) is 3. The molecule has 0 saturated heterocycles. The molecule has 0 spiro atoms. The van der Waals surface area contributed by atoms with Crippen molar-refractivity contribution in [3.8, 4) is 0 Å². The summed E-state index contributed by atoms with van der Waals surface area (Å²) in [6, 6.07) is 3.73. The number of hydrogen-bond acceptors (Lipinski definition) is 3. The lowest BCUT2D eigenvalue weighted by atomic mass is 10.1. The molecule has 0 saturated carbocycles. The number of H-pyrrole nitrogens is 2. The Morgan fingerprint density at radius 2 is 2.19 bits per heavy atom. The van der Waals surface area contributed by atoms with Crippen molar-refractivity contribution in [2.75, 3.05) is 7.05 Å². The average molecular weight is 215 g/mol. The van der Waals surface area contributed by atoms with Gasteiger partial charge in [0.25, 0.3) is 5.91 Å². The van der Waals surface area contributed by atoms with Gasteiger partial charge in [0.05, 0.1) is 11.7 Å². The van der Waals surface area contributed by atoms with Crippen molar-refractivity contribution in [1.82, 2.24) is 25.7 Å². The average Bonchev–Trinajstić information content (AvgIpc) is 2.92. The summed E-state index contributed by atoms with van der Waals surface area (Å²) in [5.74, 6) is -0.176. The molecule has 16 heavy (non-hydrogen) atoms. The number of amides is 1. The Morgan fingerprint density at radius 3 is 3.00 bits per heavy atom. The zero-order valence-corrected chi connectivity index (χ0v) is 8.53. The van der Waals surface area contributed by atoms with Gasteiger partial charge in [0, 0.05) is 17.8 Å². The van der Waals surface area contributed by atoms with Crippen LogP contribution in [0.25, 0.3) is 21.8 Å². The maximum atomic E-state index is 11.6. The van der Waals surface area contributed by atoms with Crippen molar-refractivity contribution in [3.05, 3.63) is 24.0 Å². The molecule has 1 amide bonds. The maximum Gasteiger partial charge on any atom is 0.269 e. The number of rotatable bonds is 1. The van der Waals surface area contributed by atoms with Crippen molar-refractivity contribution in [2.45, 2.75) is 0 Å². The van der Waals surface area contributed by atoms with Crippen molar-refractivity contribution in [2.24, 2.45) is 0 Å². The predicted molar refractivity (Wildman–Crippen MR) is 59.1 cm³/mol. The lowest BCUT2D eigenvalue weighted by molar-refractivity contribution is 0.0959. The molecule has 80 valence electrons. The first-order valence-corrected chi connectivity index (χ1v) is 4.83. The van der Waals surface area contributed by atoms with Gasteiger partial charge in [-0.25, -0.2) is 0 Å². The van der Waals surface area contributed by atoms with E-state index in [0.29, 0.717) is 5.69 Å². The molecule has 3 rings (SSSR count). The summed E-state index contributed by atoms with van der Waals surface area (Å²) in [6.45, 7) is 0. The number of aromatic nitrogens is 4. The highest BCUT2D eigenvalue weighted by Gasteiger charge is 2.14. The van der Waals surface area contributed by atoms with Gasteiger partial charge >= 0.3 is 0 Å². The van der Waals surface area contributed by atoms with Crippen LogP contribution in [0.1, 0.15) is 10.5 Å². The second-order valence-corrected chi connectivity index (χ2v) is 3.47. The van der Waals surface area contributed by atoms with Crippen molar-refractivity contribution in [3.63, 3.8) is 0 Å². The Bertz CT molecular complexity index is 681. The van der Waals surface area contributed by atoms with Crippen LogP contribution < -0.4 is 5.32 Å². The lowest BCUT2D eigenvalue weighted by Crippen LogP contribution is -2.18. The Hall–Kier alpha value is -2.37. The van der Waals surface area contributed by atoms with Crippen LogP contribution in [-0.2, 0) is 0 Å². The fourth-order valence-electron chi connectivity index (χ4n) is 1.79. The Balaban J connectivity index is 2.39. The van der Waals surface area contributed by atoms with Gasteiger partial charge in [-0.05, 0) is 12.1 Å². The van der Waals surface area contributed by atoms with Crippen molar-refractivity contribution in [1.29, 1.82) is 0 Å². The van der Waals surface area contributed by atoms with Gasteiger partial charge in [-0.15, -0.1) is 0 Å². The third-order valence-electron chi connectivity index (χ3n) is 2.60. The highest BCUT2D eigenvalue weighted by molar-refractivity contribution is 6.12. The van der Waals surface area contributed by atoms with Crippen LogP contribution in [0.3, 0.4) is 0 Å². The molecule has 0 fully saturated rings. The molecule has 6 nitrogen and oxygen atoms in total. The van der Waals surface area contributed by atoms with Gasteiger partial charge in [-0.1, -0.05) is 0 Å². The molecule has 0 aliphatic rings. The normalized spacial score (nSPS) is 11.1. The zero-order chi connectivity index (χ0) is 11.1. The molecule has 2 heterocycles. The number of fused-ring (bicyclic) bond motifs is 3. The van der Waals surface area contributed by atoms with E-state index in [-0.39, 0.29) is 5.91 Å². The molecular formula is C10H9N5O. The summed E-state index contributed by atoms with van der Waals surface area (Å²) in [4.78, 5) is 11.6. The van der Waals surface area contributed by atoms with Crippen LogP contribution in [0.2, 0.25) is 0 Å². The Labute approximate surface area is 90.0 Å². The van der Waals surface area contributed by atoms with E-state index in [1.54, 1.807) is 13.2 Å². The topological polar surface area (TPSA) is 86.5 Å². The molecule has 0 aliphatic heterocycles. The van der Waals surface area contributed by atoms with Crippen LogP contribution >= 0.6 is 0 Å². The van der Waals surface area contributed by atoms with Crippen LogP contribution in [0, 0.1) is 0 Å². The van der Waals surface area contributed by atoms with Crippen LogP contribution in [0.15, 0.2) is 18.3 Å². The van der Waals surface area contributed by atoms with Crippen LogP contribution in [0.4, 0.5) is 0 Å². The summed E-state index contributed by atoms with van der Waals surface area (Å²) in [5, 5.41) is 18.0. The molecule has 2 aromatic heterocycles. The summed E-state index contributed by atoms with van der Waals surface area (Å²) in [6.07, 6.45) is 1.70. The van der Waals surface area contributed by atoms with E-state index in [2.05, 4.69) is 25.7 Å². The fourth-order valence-corrected chi connectivity index (χ4v) is 1.79. The van der Waals surface area contributed by atoms with E-state index in [1.165, 1.54) is 0 Å². The highest BCUT2D eigenvalue weighted by atomic mass is 16.1. The fraction of sp³-hybridized carbons (Fsp3) is 0.100. The first kappa shape index (κ1) is 8.90. The van der Waals surface area contributed by atoms with Gasteiger partial charge in [-0.2, -0.15) is 10.2 Å². The molecule has 0 atom stereocenters. The van der Waals surface area contributed by atoms with E-state index < -0.39 is 0 Å². The second kappa shape index (κ2) is 3.06. The summed E-state index contributed by atoms with van der Waals surface area (Å²) in [5.41, 5.74) is 2.13. The SMILES string of the molecule is CNC(=O)c1[nH]nc2c1ccc1[nH]ncc12. The minimum atomic E-state index is -0.176. The number of carbonyl (C=O) groups excluding carboxylic acids is 1. The maximum absolute atomic E-state index is 11.6. The summed E-state index contributed by atoms with van der Waals surface area (Å²) >= 11 is 0. The summed E-state index contributed by atoms with van der Waals surface area (Å²) < 4.78 is 0. The third kappa shape index (κ3) is 1.04. The molecule has 3 N–H and O–H groups in total. The van der Waals surface area contributed by atoms with Gasteiger partial charge in [0.2, 0.25) is 0 Å². The standard InChI is InChI=1S/C10H9N5O/c1-11-10(16)9-5-2-3-7-6(4-12-13-7)8(5)14-15-9/h2-4H,1H3,(H,11,16)(H,12,13)(H,14,15). The van der Waals surface area contributed by atoms with Crippen LogP contribution in [-0.4, -0.2) is 33.3 Å². The summed E-state index contributed by atoms with van der Waals surface area (Å²) in [7, 11) is 1.59. The van der Waals surface area contributed by atoms with Gasteiger partial charge < -0.3 is 5.32 Å². The molecule has 3 aromatic rings. The zero-order valence-electron chi connectivity index (χ0n) is 8.53. The molecule has 0 unspecified atom stereocenters. The minimum absolute atomic E-state index is 0.176. The smallest absolute Gasteiger partial charge is 0.269 e. The Morgan fingerprint density at radius 1 is 1.31 bits per heavy atom. The van der Waals surface area contributed by atoms with E-state index in [1.807, 2.05) is 12.1 Å². The first-order chi connectivity index (χ1) is 7.81. The minimum Gasteiger partial charge on any atom is -0.354 e. The number of aromatic amines is 2. The second-order valence-electron chi connectivity index (χ2n) is 3.47.